The van der Waals surface area contributed by atoms with Crippen LogP contribution >= 0.6 is 0 Å². The van der Waals surface area contributed by atoms with Crippen molar-refractivity contribution in [1.82, 2.24) is 20.0 Å². The van der Waals surface area contributed by atoms with E-state index in [1.165, 1.54) is 11.1 Å². The Balaban J connectivity index is 1.30. The Labute approximate surface area is 195 Å². The highest BCUT2D eigenvalue weighted by Gasteiger charge is 2.50. The minimum absolute atomic E-state index is 0.163. The van der Waals surface area contributed by atoms with Crippen LogP contribution in [0.4, 0.5) is 0 Å². The first-order chi connectivity index (χ1) is 16.1. The topological polar surface area (TPSA) is 55.1 Å². The molecular formula is C28H30N4O. The van der Waals surface area contributed by atoms with Crippen molar-refractivity contribution in [2.75, 3.05) is 0 Å². The maximum Gasteiger partial charge on any atom is 0.167 e. The molecule has 4 aromatic rings. The Morgan fingerprint density at radius 1 is 0.909 bits per heavy atom. The van der Waals surface area contributed by atoms with Gasteiger partial charge in [-0.05, 0) is 47.4 Å². The van der Waals surface area contributed by atoms with Crippen molar-refractivity contribution < 1.29 is 4.52 Å². The first-order valence-corrected chi connectivity index (χ1v) is 11.6. The van der Waals surface area contributed by atoms with Crippen LogP contribution in [0.1, 0.15) is 37.1 Å². The van der Waals surface area contributed by atoms with Gasteiger partial charge < -0.3 is 4.52 Å². The van der Waals surface area contributed by atoms with Gasteiger partial charge in [-0.2, -0.15) is 0 Å². The maximum atomic E-state index is 5.65. The molecule has 33 heavy (non-hydrogen) atoms. The lowest BCUT2D eigenvalue weighted by Crippen LogP contribution is -2.58. The molecule has 168 valence electrons. The Kier molecular flexibility index (Phi) is 6.05. The second-order valence-electron chi connectivity index (χ2n) is 9.65. The zero-order valence-corrected chi connectivity index (χ0v) is 19.3. The van der Waals surface area contributed by atoms with E-state index in [9.17, 15) is 0 Å². The van der Waals surface area contributed by atoms with E-state index in [2.05, 4.69) is 64.2 Å². The van der Waals surface area contributed by atoms with Gasteiger partial charge in [0.05, 0.1) is 5.69 Å². The molecule has 5 heteroatoms. The van der Waals surface area contributed by atoms with Crippen molar-refractivity contribution in [1.29, 1.82) is 0 Å². The molecule has 0 aliphatic heterocycles. The number of pyridine rings is 2. The van der Waals surface area contributed by atoms with Crippen molar-refractivity contribution in [3.63, 3.8) is 0 Å². The molecule has 5 rings (SSSR count). The van der Waals surface area contributed by atoms with Crippen LogP contribution in [0.25, 0.3) is 11.3 Å². The molecule has 1 saturated carbocycles. The minimum Gasteiger partial charge on any atom is -0.356 e. The van der Waals surface area contributed by atoms with E-state index in [-0.39, 0.29) is 5.41 Å². The van der Waals surface area contributed by atoms with Crippen LogP contribution in [0.5, 0.6) is 0 Å². The molecule has 5 nitrogen and oxygen atoms in total. The molecule has 3 aromatic heterocycles. The molecule has 0 saturated heterocycles. The van der Waals surface area contributed by atoms with E-state index in [1.54, 1.807) is 0 Å². The highest BCUT2D eigenvalue weighted by Crippen LogP contribution is 2.51. The average molecular weight is 439 g/mol. The number of rotatable bonds is 8. The third kappa shape index (κ3) is 4.74. The van der Waals surface area contributed by atoms with Gasteiger partial charge >= 0.3 is 0 Å². The highest BCUT2D eigenvalue weighted by atomic mass is 16.5. The van der Waals surface area contributed by atoms with Gasteiger partial charge in [-0.1, -0.05) is 61.5 Å². The first-order valence-electron chi connectivity index (χ1n) is 11.6. The third-order valence-corrected chi connectivity index (χ3v) is 7.15. The van der Waals surface area contributed by atoms with Crippen LogP contribution in [0.15, 0.2) is 90.0 Å². The molecule has 1 aliphatic carbocycles. The van der Waals surface area contributed by atoms with E-state index in [0.717, 1.165) is 42.9 Å². The Hall–Kier alpha value is -3.31. The minimum atomic E-state index is 0.163. The second-order valence-corrected chi connectivity index (χ2v) is 9.65. The predicted molar refractivity (Wildman–Crippen MR) is 129 cm³/mol. The normalized spacial score (nSPS) is 19.4. The van der Waals surface area contributed by atoms with E-state index in [4.69, 9.17) is 4.52 Å². The molecule has 2 atom stereocenters. The zero-order valence-electron chi connectivity index (χ0n) is 19.3. The summed E-state index contributed by atoms with van der Waals surface area (Å²) in [6.45, 7) is 6.55. The number of hydrogen-bond donors (Lipinski definition) is 0. The summed E-state index contributed by atoms with van der Waals surface area (Å²) in [5, 5.41) is 4.38. The van der Waals surface area contributed by atoms with Crippen molar-refractivity contribution in [2.24, 2.45) is 11.3 Å². The molecule has 3 heterocycles. The Morgan fingerprint density at radius 3 is 2.15 bits per heavy atom. The monoisotopic (exact) mass is 438 g/mol. The van der Waals surface area contributed by atoms with Crippen LogP contribution in [-0.4, -0.2) is 26.1 Å². The van der Waals surface area contributed by atoms with Gasteiger partial charge in [-0.15, -0.1) is 0 Å². The smallest absolute Gasteiger partial charge is 0.167 e. The summed E-state index contributed by atoms with van der Waals surface area (Å²) in [6, 6.07) is 21.1. The van der Waals surface area contributed by atoms with Gasteiger partial charge in [0, 0.05) is 55.5 Å². The van der Waals surface area contributed by atoms with E-state index < -0.39 is 0 Å². The maximum absolute atomic E-state index is 5.65. The van der Waals surface area contributed by atoms with Crippen LogP contribution in [0, 0.1) is 11.3 Å². The quantitative estimate of drug-likeness (QED) is 0.348. The fraction of sp³-hybridized carbons (Fsp3) is 0.321. The predicted octanol–water partition coefficient (Wildman–Crippen LogP) is 5.79. The molecular weight excluding hydrogens is 408 g/mol. The molecule has 1 fully saturated rings. The molecule has 0 bridgehead atoms. The molecule has 0 spiro atoms. The second kappa shape index (κ2) is 9.28. The van der Waals surface area contributed by atoms with E-state index >= 15 is 0 Å². The van der Waals surface area contributed by atoms with Gasteiger partial charge in [0.15, 0.2) is 5.76 Å². The highest BCUT2D eigenvalue weighted by molar-refractivity contribution is 5.56. The molecule has 0 N–H and O–H groups in total. The summed E-state index contributed by atoms with van der Waals surface area (Å²) in [7, 11) is 0. The van der Waals surface area contributed by atoms with Gasteiger partial charge in [0.2, 0.25) is 0 Å². The lowest BCUT2D eigenvalue weighted by atomic mass is 9.56. The van der Waals surface area contributed by atoms with Gasteiger partial charge in [-0.3, -0.25) is 14.9 Å². The third-order valence-electron chi connectivity index (χ3n) is 7.15. The summed E-state index contributed by atoms with van der Waals surface area (Å²) in [4.78, 5) is 11.2. The summed E-state index contributed by atoms with van der Waals surface area (Å²) < 4.78 is 5.65. The van der Waals surface area contributed by atoms with Gasteiger partial charge in [0.25, 0.3) is 0 Å². The van der Waals surface area contributed by atoms with Crippen LogP contribution in [0.3, 0.4) is 0 Å². The summed E-state index contributed by atoms with van der Waals surface area (Å²) in [5.41, 5.74) is 4.75. The van der Waals surface area contributed by atoms with Crippen molar-refractivity contribution in [3.8, 4) is 11.3 Å². The molecule has 1 aliphatic rings. The molecule has 2 unspecified atom stereocenters. The van der Waals surface area contributed by atoms with E-state index in [0.29, 0.717) is 12.0 Å². The fourth-order valence-electron chi connectivity index (χ4n) is 5.08. The van der Waals surface area contributed by atoms with Crippen molar-refractivity contribution in [3.05, 3.63) is 102 Å². The lowest BCUT2D eigenvalue weighted by Gasteiger charge is -2.56. The van der Waals surface area contributed by atoms with Gasteiger partial charge in [0.1, 0.15) is 0 Å². The largest absolute Gasteiger partial charge is 0.356 e. The van der Waals surface area contributed by atoms with Crippen molar-refractivity contribution >= 4 is 0 Å². The van der Waals surface area contributed by atoms with E-state index in [1.807, 2.05) is 55.1 Å². The van der Waals surface area contributed by atoms with Crippen LogP contribution in [0.2, 0.25) is 0 Å². The fourth-order valence-corrected chi connectivity index (χ4v) is 5.08. The summed E-state index contributed by atoms with van der Waals surface area (Å²) in [6.07, 6.45) is 9.69. The van der Waals surface area contributed by atoms with Gasteiger partial charge in [-0.25, -0.2) is 0 Å². The standard InChI is InChI=1S/C28H30N4O/c1-28(2)24(14-25-16-26(33-31-25)23-10-4-3-5-11-23)15-27(28)32(19-21-8-6-12-29-17-21)20-22-9-7-13-30-18-22/h3-13,16-18,24,27H,14-15,19-20H2,1-2H3. The SMILES string of the molecule is CC1(C)C(Cc2cc(-c3ccccc3)on2)CC1N(Cc1cccnc1)Cc1cccnc1. The lowest BCUT2D eigenvalue weighted by molar-refractivity contribution is -0.0712. The number of hydrogen-bond acceptors (Lipinski definition) is 5. The first kappa shape index (κ1) is 21.5. The number of aromatic nitrogens is 3. The summed E-state index contributed by atoms with van der Waals surface area (Å²) >= 11 is 0. The van der Waals surface area contributed by atoms with Crippen LogP contribution < -0.4 is 0 Å². The average Bonchev–Trinajstić information content (AvgIpc) is 3.32. The molecule has 1 aromatic carbocycles. The molecule has 0 radical (unpaired) electrons. The zero-order chi connectivity index (χ0) is 22.7. The number of nitrogens with zero attached hydrogens (tertiary/aromatic N) is 4. The van der Waals surface area contributed by atoms with Crippen LogP contribution in [-0.2, 0) is 19.5 Å². The molecule has 0 amide bonds. The summed E-state index contributed by atoms with van der Waals surface area (Å²) in [5.74, 6) is 1.40. The Bertz CT molecular complexity index is 1120. The van der Waals surface area contributed by atoms with Crippen molar-refractivity contribution in [2.45, 2.75) is 45.8 Å². The Morgan fingerprint density at radius 2 is 1.58 bits per heavy atom. The number of benzene rings is 1.